The maximum atomic E-state index is 9.09. The van der Waals surface area contributed by atoms with Gasteiger partial charge in [-0.2, -0.15) is 0 Å². The number of aryl methyl sites for hydroxylation is 2. The van der Waals surface area contributed by atoms with Crippen LogP contribution in [0.4, 0.5) is 5.82 Å². The van der Waals surface area contributed by atoms with Crippen molar-refractivity contribution in [3.63, 3.8) is 0 Å². The van der Waals surface area contributed by atoms with Gasteiger partial charge in [0, 0.05) is 24.9 Å². The summed E-state index contributed by atoms with van der Waals surface area (Å²) in [4.78, 5) is 6.87. The van der Waals surface area contributed by atoms with E-state index in [4.69, 9.17) is 21.0 Å². The van der Waals surface area contributed by atoms with Crippen LogP contribution in [0.5, 0.6) is 0 Å². The Hall–Kier alpha value is -1.82. The zero-order valence-corrected chi connectivity index (χ0v) is 12.7. The van der Waals surface area contributed by atoms with Crippen LogP contribution in [-0.2, 0) is 12.8 Å². The average Bonchev–Trinajstić information content (AvgIpc) is 2.93. The van der Waals surface area contributed by atoms with Crippen LogP contribution in [0.2, 0.25) is 0 Å². The fraction of sp³-hybridized carbons (Fsp3) is 0.600. The standard InChI is InChI=1S/C15H24N4O2/c1-10(2)19(7-4-8-20)15-12(14(16)18-21)9-11-5-3-6-13(11)17-15/h9-10,20-21H,3-8H2,1-2H3,(H2,16,18). The Morgan fingerprint density at radius 1 is 1.48 bits per heavy atom. The molecular weight excluding hydrogens is 268 g/mol. The molecule has 0 atom stereocenters. The Bertz CT molecular complexity index is 529. The summed E-state index contributed by atoms with van der Waals surface area (Å²) in [6.45, 7) is 4.96. The van der Waals surface area contributed by atoms with Gasteiger partial charge in [0.15, 0.2) is 5.84 Å². The number of rotatable bonds is 6. The van der Waals surface area contributed by atoms with E-state index in [0.717, 1.165) is 30.8 Å². The molecule has 4 N–H and O–H groups in total. The SMILES string of the molecule is CC(C)N(CCCO)c1nc2c(cc1C(N)=NO)CCC2. The molecule has 0 aliphatic heterocycles. The first kappa shape index (κ1) is 15.6. The van der Waals surface area contributed by atoms with Crippen molar-refractivity contribution in [2.24, 2.45) is 10.9 Å². The molecule has 0 saturated heterocycles. The van der Waals surface area contributed by atoms with Crippen LogP contribution >= 0.6 is 0 Å². The van der Waals surface area contributed by atoms with Gasteiger partial charge in [0.2, 0.25) is 0 Å². The fourth-order valence-corrected chi connectivity index (χ4v) is 2.77. The van der Waals surface area contributed by atoms with Crippen LogP contribution in [0.25, 0.3) is 0 Å². The van der Waals surface area contributed by atoms with Crippen molar-refractivity contribution in [3.8, 4) is 0 Å². The Balaban J connectivity index is 2.48. The van der Waals surface area contributed by atoms with Crippen molar-refractivity contribution in [1.29, 1.82) is 0 Å². The number of aliphatic hydroxyl groups excluding tert-OH is 1. The molecule has 2 rings (SSSR count). The highest BCUT2D eigenvalue weighted by Gasteiger charge is 2.23. The van der Waals surface area contributed by atoms with Gasteiger partial charge in [0.1, 0.15) is 5.82 Å². The van der Waals surface area contributed by atoms with Crippen LogP contribution in [0, 0.1) is 0 Å². The number of amidine groups is 1. The van der Waals surface area contributed by atoms with Gasteiger partial charge in [0.05, 0.1) is 5.56 Å². The molecule has 1 aromatic rings. The lowest BCUT2D eigenvalue weighted by atomic mass is 10.1. The maximum Gasteiger partial charge on any atom is 0.173 e. The van der Waals surface area contributed by atoms with Crippen molar-refractivity contribution in [1.82, 2.24) is 4.98 Å². The lowest BCUT2D eigenvalue weighted by molar-refractivity contribution is 0.288. The number of pyridine rings is 1. The van der Waals surface area contributed by atoms with Crippen LogP contribution in [0.1, 0.15) is 43.5 Å². The van der Waals surface area contributed by atoms with Gasteiger partial charge in [-0.15, -0.1) is 0 Å². The van der Waals surface area contributed by atoms with Crippen molar-refractivity contribution < 1.29 is 10.3 Å². The summed E-state index contributed by atoms with van der Waals surface area (Å²) in [7, 11) is 0. The molecule has 6 nitrogen and oxygen atoms in total. The van der Waals surface area contributed by atoms with E-state index in [-0.39, 0.29) is 18.5 Å². The van der Waals surface area contributed by atoms with E-state index in [9.17, 15) is 0 Å². The van der Waals surface area contributed by atoms with Gasteiger partial charge in [-0.05, 0) is 51.2 Å². The van der Waals surface area contributed by atoms with Gasteiger partial charge in [-0.25, -0.2) is 4.98 Å². The molecule has 0 fully saturated rings. The monoisotopic (exact) mass is 292 g/mol. The zero-order chi connectivity index (χ0) is 15.4. The molecule has 0 amide bonds. The van der Waals surface area contributed by atoms with E-state index in [2.05, 4.69) is 23.9 Å². The van der Waals surface area contributed by atoms with Gasteiger partial charge in [-0.1, -0.05) is 5.16 Å². The third-order valence-corrected chi connectivity index (χ3v) is 3.87. The average molecular weight is 292 g/mol. The predicted molar refractivity (Wildman–Crippen MR) is 83.0 cm³/mol. The number of hydrogen-bond acceptors (Lipinski definition) is 5. The number of nitrogens with zero attached hydrogens (tertiary/aromatic N) is 3. The summed E-state index contributed by atoms with van der Waals surface area (Å²) in [5.41, 5.74) is 8.80. The molecule has 0 aromatic carbocycles. The first-order valence-corrected chi connectivity index (χ1v) is 7.46. The highest BCUT2D eigenvalue weighted by atomic mass is 16.4. The molecule has 1 aliphatic carbocycles. The molecule has 0 spiro atoms. The van der Waals surface area contributed by atoms with E-state index >= 15 is 0 Å². The summed E-state index contributed by atoms with van der Waals surface area (Å²) in [5, 5.41) is 21.3. The normalized spacial score (nSPS) is 14.6. The van der Waals surface area contributed by atoms with Gasteiger partial charge in [0.25, 0.3) is 0 Å². The minimum absolute atomic E-state index is 0.0850. The Morgan fingerprint density at radius 3 is 2.86 bits per heavy atom. The van der Waals surface area contributed by atoms with Crippen molar-refractivity contribution in [3.05, 3.63) is 22.9 Å². The Kier molecular flexibility index (Phi) is 5.01. The second kappa shape index (κ2) is 6.76. The molecule has 1 heterocycles. The van der Waals surface area contributed by atoms with Gasteiger partial charge >= 0.3 is 0 Å². The molecule has 0 unspecified atom stereocenters. The van der Waals surface area contributed by atoms with Crippen molar-refractivity contribution >= 4 is 11.7 Å². The number of hydrogen-bond donors (Lipinski definition) is 3. The fourth-order valence-electron chi connectivity index (χ4n) is 2.77. The van der Waals surface area contributed by atoms with E-state index in [1.807, 2.05) is 6.07 Å². The molecule has 1 aliphatic rings. The van der Waals surface area contributed by atoms with Crippen LogP contribution < -0.4 is 10.6 Å². The van der Waals surface area contributed by atoms with Crippen LogP contribution in [0.15, 0.2) is 11.2 Å². The molecule has 0 radical (unpaired) electrons. The highest BCUT2D eigenvalue weighted by Crippen LogP contribution is 2.28. The molecule has 116 valence electrons. The van der Waals surface area contributed by atoms with Crippen LogP contribution in [0.3, 0.4) is 0 Å². The largest absolute Gasteiger partial charge is 0.409 e. The minimum atomic E-state index is 0.0850. The number of fused-ring (bicyclic) bond motifs is 1. The van der Waals surface area contributed by atoms with Crippen molar-refractivity contribution in [2.45, 2.75) is 45.6 Å². The molecule has 6 heteroatoms. The molecule has 21 heavy (non-hydrogen) atoms. The number of anilines is 1. The Labute approximate surface area is 125 Å². The third kappa shape index (κ3) is 3.26. The second-order valence-electron chi connectivity index (χ2n) is 5.67. The second-order valence-corrected chi connectivity index (χ2v) is 5.67. The predicted octanol–water partition coefficient (Wildman–Crippen LogP) is 1.26. The maximum absolute atomic E-state index is 9.09. The van der Waals surface area contributed by atoms with Gasteiger partial charge in [-0.3, -0.25) is 0 Å². The number of oxime groups is 1. The first-order valence-electron chi connectivity index (χ1n) is 7.46. The number of nitrogens with two attached hydrogens (primary N) is 1. The quantitative estimate of drug-likeness (QED) is 0.317. The van der Waals surface area contributed by atoms with Crippen LogP contribution in [-0.4, -0.2) is 40.3 Å². The number of aromatic nitrogens is 1. The molecule has 0 saturated carbocycles. The summed E-state index contributed by atoms with van der Waals surface area (Å²) in [5.74, 6) is 0.830. The van der Waals surface area contributed by atoms with Crippen molar-refractivity contribution in [2.75, 3.05) is 18.1 Å². The summed E-state index contributed by atoms with van der Waals surface area (Å²) in [6, 6.07) is 2.21. The van der Waals surface area contributed by atoms with E-state index in [0.29, 0.717) is 18.5 Å². The molecule has 1 aromatic heterocycles. The topological polar surface area (TPSA) is 95.0 Å². The summed E-state index contributed by atoms with van der Waals surface area (Å²) >= 11 is 0. The van der Waals surface area contributed by atoms with E-state index in [1.54, 1.807) is 0 Å². The molecular formula is C15H24N4O2. The first-order chi connectivity index (χ1) is 10.1. The highest BCUT2D eigenvalue weighted by molar-refractivity contribution is 6.01. The zero-order valence-electron chi connectivity index (χ0n) is 12.7. The smallest absolute Gasteiger partial charge is 0.173 e. The third-order valence-electron chi connectivity index (χ3n) is 3.87. The molecule has 0 bridgehead atoms. The van der Waals surface area contributed by atoms with Gasteiger partial charge < -0.3 is 20.9 Å². The van der Waals surface area contributed by atoms with E-state index in [1.165, 1.54) is 5.56 Å². The lowest BCUT2D eigenvalue weighted by Crippen LogP contribution is -2.35. The summed E-state index contributed by atoms with van der Waals surface area (Å²) in [6.07, 6.45) is 3.73. The minimum Gasteiger partial charge on any atom is -0.409 e. The lowest BCUT2D eigenvalue weighted by Gasteiger charge is -2.30. The number of aliphatic hydroxyl groups is 1. The Morgan fingerprint density at radius 2 is 2.24 bits per heavy atom. The van der Waals surface area contributed by atoms with E-state index < -0.39 is 0 Å². The summed E-state index contributed by atoms with van der Waals surface area (Å²) < 4.78 is 0.